The third-order valence-corrected chi connectivity index (χ3v) is 11.2. The van der Waals surface area contributed by atoms with Crippen LogP contribution in [-0.4, -0.2) is 48.4 Å². The van der Waals surface area contributed by atoms with E-state index in [9.17, 15) is 13.2 Å². The molecule has 0 amide bonds. The lowest BCUT2D eigenvalue weighted by molar-refractivity contribution is 0.344. The molecule has 0 atom stereocenters. The van der Waals surface area contributed by atoms with E-state index in [-0.39, 0.29) is 16.1 Å². The summed E-state index contributed by atoms with van der Waals surface area (Å²) in [6, 6.07) is 11.1. The number of anilines is 2. The monoisotopic (exact) mass is 607 g/mol. The Morgan fingerprint density at radius 2 is 1.83 bits per heavy atom. The smallest absolute Gasteiger partial charge is 0.270 e. The molecule has 2 saturated carbocycles. The number of aromatic nitrogens is 5. The molecular weight excluding hydrogens is 585 g/mol. The zero-order valence-electron chi connectivity index (χ0n) is 21.6. The first-order valence-corrected chi connectivity index (χ1v) is 15.6. The van der Waals surface area contributed by atoms with Crippen molar-refractivity contribution in [3.63, 3.8) is 0 Å². The highest BCUT2D eigenvalue weighted by atomic mass is 35.5. The third kappa shape index (κ3) is 3.90. The lowest BCUT2D eigenvalue weighted by Crippen LogP contribution is -2.43. The van der Waals surface area contributed by atoms with Gasteiger partial charge in [-0.1, -0.05) is 35.3 Å². The van der Waals surface area contributed by atoms with E-state index < -0.39 is 15.6 Å². The normalized spacial score (nSPS) is 18.2. The second-order valence-corrected chi connectivity index (χ2v) is 14.1. The minimum Gasteiger partial charge on any atom is -0.324 e. The van der Waals surface area contributed by atoms with Gasteiger partial charge < -0.3 is 5.32 Å². The molecule has 208 valence electrons. The molecule has 8 rings (SSSR count). The second kappa shape index (κ2) is 8.75. The van der Waals surface area contributed by atoms with E-state index in [2.05, 4.69) is 26.3 Å². The second-order valence-electron chi connectivity index (χ2n) is 11.0. The Morgan fingerprint density at radius 3 is 2.56 bits per heavy atom. The average Bonchev–Trinajstić information content (AvgIpc) is 3.88. The maximum Gasteiger partial charge on any atom is 0.270 e. The van der Waals surface area contributed by atoms with Crippen molar-refractivity contribution in [2.45, 2.75) is 42.9 Å². The van der Waals surface area contributed by atoms with Crippen molar-refractivity contribution >= 4 is 61.7 Å². The molecule has 0 unspecified atom stereocenters. The summed E-state index contributed by atoms with van der Waals surface area (Å²) in [5.41, 5.74) is 3.19. The van der Waals surface area contributed by atoms with Gasteiger partial charge in [0.1, 0.15) is 5.39 Å². The summed E-state index contributed by atoms with van der Waals surface area (Å²) in [5.74, 6) is 0.599. The van der Waals surface area contributed by atoms with E-state index in [1.807, 2.05) is 12.1 Å². The van der Waals surface area contributed by atoms with Gasteiger partial charge in [0.05, 0.1) is 21.0 Å². The maximum absolute atomic E-state index is 13.6. The zero-order valence-corrected chi connectivity index (χ0v) is 23.9. The number of nitrogens with one attached hydrogen (secondary N) is 1. The van der Waals surface area contributed by atoms with Crippen molar-refractivity contribution in [2.75, 3.05) is 11.9 Å². The topological polar surface area (TPSA) is 114 Å². The van der Waals surface area contributed by atoms with Crippen LogP contribution in [0.2, 0.25) is 10.0 Å². The van der Waals surface area contributed by atoms with Crippen molar-refractivity contribution in [3.05, 3.63) is 86.5 Å². The molecule has 0 radical (unpaired) electrons. The SMILES string of the molecule is O=c1c2cnc(Nc3ccc4c(c3)CN(S(=O)(=O)C3CC3)CC43CC3)nc2n2ccnc2n1-c1c(Cl)cccc1Cl. The van der Waals surface area contributed by atoms with Crippen LogP contribution < -0.4 is 10.9 Å². The summed E-state index contributed by atoms with van der Waals surface area (Å²) in [4.78, 5) is 27.1. The standard InChI is InChI=1S/C28H23Cl2N7O3S/c29-21-2-1-3-22(30)23(21)37-25(38)19-13-32-26(34-24(19)36-11-10-31-27(36)37)33-17-4-7-20-16(12-17)14-35(15-28(20)8-9-28)41(39,40)18-5-6-18/h1-4,7,10-13,18H,5-6,8-9,14-15H2,(H,32,33,34). The van der Waals surface area contributed by atoms with Crippen LogP contribution in [0, 0.1) is 0 Å². The van der Waals surface area contributed by atoms with Crippen molar-refractivity contribution < 1.29 is 8.42 Å². The van der Waals surface area contributed by atoms with Crippen LogP contribution in [0.4, 0.5) is 11.6 Å². The van der Waals surface area contributed by atoms with Gasteiger partial charge in [-0.2, -0.15) is 9.29 Å². The molecule has 1 spiro atoms. The summed E-state index contributed by atoms with van der Waals surface area (Å²) in [6.07, 6.45) is 8.24. The van der Waals surface area contributed by atoms with E-state index >= 15 is 0 Å². The number of benzene rings is 2. The molecule has 13 heteroatoms. The number of halogens is 2. The van der Waals surface area contributed by atoms with Gasteiger partial charge in [-0.3, -0.25) is 9.20 Å². The van der Waals surface area contributed by atoms with E-state index in [0.29, 0.717) is 46.2 Å². The Balaban J connectivity index is 1.18. The van der Waals surface area contributed by atoms with Gasteiger partial charge in [0.15, 0.2) is 5.65 Å². The van der Waals surface area contributed by atoms with Crippen LogP contribution >= 0.6 is 23.2 Å². The Labute approximate surface area is 244 Å². The Bertz CT molecular complexity index is 2060. The van der Waals surface area contributed by atoms with E-state index in [1.165, 1.54) is 16.3 Å². The lowest BCUT2D eigenvalue weighted by Gasteiger charge is -2.34. The number of rotatable bonds is 5. The summed E-state index contributed by atoms with van der Waals surface area (Å²) in [6.45, 7) is 0.932. The van der Waals surface area contributed by atoms with Crippen molar-refractivity contribution in [1.82, 2.24) is 28.2 Å². The number of hydrogen-bond acceptors (Lipinski definition) is 7. The number of sulfonamides is 1. The molecule has 3 aromatic heterocycles. The Hall–Kier alpha value is -3.51. The van der Waals surface area contributed by atoms with Gasteiger partial charge in [0, 0.05) is 42.8 Å². The molecule has 1 aliphatic heterocycles. The lowest BCUT2D eigenvalue weighted by atomic mass is 9.88. The van der Waals surface area contributed by atoms with Crippen molar-refractivity contribution in [1.29, 1.82) is 0 Å². The minimum atomic E-state index is -3.28. The van der Waals surface area contributed by atoms with Gasteiger partial charge in [-0.05, 0) is 61.1 Å². The van der Waals surface area contributed by atoms with Gasteiger partial charge >= 0.3 is 0 Å². The summed E-state index contributed by atoms with van der Waals surface area (Å²) < 4.78 is 30.9. The van der Waals surface area contributed by atoms with E-state index in [0.717, 1.165) is 36.9 Å². The molecule has 5 aromatic rings. The molecule has 2 aromatic carbocycles. The van der Waals surface area contributed by atoms with Crippen LogP contribution in [0.25, 0.3) is 22.5 Å². The fourth-order valence-electron chi connectivity index (χ4n) is 5.96. The molecule has 0 bridgehead atoms. The molecule has 41 heavy (non-hydrogen) atoms. The predicted octanol–water partition coefficient (Wildman–Crippen LogP) is 4.82. The first-order valence-electron chi connectivity index (χ1n) is 13.3. The largest absolute Gasteiger partial charge is 0.324 e. The predicted molar refractivity (Wildman–Crippen MR) is 157 cm³/mol. The van der Waals surface area contributed by atoms with Crippen LogP contribution in [-0.2, 0) is 22.0 Å². The van der Waals surface area contributed by atoms with Crippen molar-refractivity contribution in [2.24, 2.45) is 0 Å². The first kappa shape index (κ1) is 25.2. The highest BCUT2D eigenvalue weighted by Crippen LogP contribution is 2.54. The molecule has 2 aliphatic carbocycles. The maximum atomic E-state index is 13.6. The van der Waals surface area contributed by atoms with Gasteiger partial charge in [0.25, 0.3) is 5.56 Å². The summed E-state index contributed by atoms with van der Waals surface area (Å²) in [7, 11) is -3.28. The first-order chi connectivity index (χ1) is 19.7. The molecule has 3 aliphatic rings. The highest BCUT2D eigenvalue weighted by molar-refractivity contribution is 7.90. The number of para-hydroxylation sites is 1. The van der Waals surface area contributed by atoms with Crippen LogP contribution in [0.15, 0.2) is 59.8 Å². The van der Waals surface area contributed by atoms with Crippen LogP contribution in [0.5, 0.6) is 0 Å². The summed E-state index contributed by atoms with van der Waals surface area (Å²) >= 11 is 12.9. The number of nitrogens with zero attached hydrogens (tertiary/aromatic N) is 6. The van der Waals surface area contributed by atoms with E-state index in [4.69, 9.17) is 23.2 Å². The quantitative estimate of drug-likeness (QED) is 0.304. The number of hydrogen-bond donors (Lipinski definition) is 1. The van der Waals surface area contributed by atoms with E-state index in [1.54, 1.807) is 39.3 Å². The average molecular weight is 609 g/mol. The minimum absolute atomic E-state index is 0.0784. The van der Waals surface area contributed by atoms with Crippen molar-refractivity contribution in [3.8, 4) is 5.69 Å². The number of fused-ring (bicyclic) bond motifs is 5. The number of imidazole rings is 1. The Kier molecular flexibility index (Phi) is 5.38. The fourth-order valence-corrected chi connectivity index (χ4v) is 8.43. The van der Waals surface area contributed by atoms with Gasteiger partial charge in [-0.25, -0.2) is 23.0 Å². The van der Waals surface area contributed by atoms with Crippen LogP contribution in [0.3, 0.4) is 0 Å². The fraction of sp³-hybridized carbons (Fsp3) is 0.286. The molecule has 2 fully saturated rings. The van der Waals surface area contributed by atoms with Gasteiger partial charge in [0.2, 0.25) is 21.7 Å². The molecule has 1 N–H and O–H groups in total. The molecule has 0 saturated heterocycles. The molecular formula is C28H23Cl2N7O3S. The van der Waals surface area contributed by atoms with Gasteiger partial charge in [-0.15, -0.1) is 0 Å². The Morgan fingerprint density at radius 1 is 1.05 bits per heavy atom. The molecule has 4 heterocycles. The third-order valence-electron chi connectivity index (χ3n) is 8.33. The zero-order chi connectivity index (χ0) is 28.1. The highest BCUT2D eigenvalue weighted by Gasteiger charge is 2.53. The van der Waals surface area contributed by atoms with Crippen LogP contribution in [0.1, 0.15) is 36.8 Å². The summed E-state index contributed by atoms with van der Waals surface area (Å²) in [5, 5.41) is 3.90. The molecule has 10 nitrogen and oxygen atoms in total.